The van der Waals surface area contributed by atoms with Crippen molar-refractivity contribution in [3.05, 3.63) is 108 Å². The molecule has 0 amide bonds. The lowest BCUT2D eigenvalue weighted by molar-refractivity contribution is -0.387. The molecule has 0 bridgehead atoms. The van der Waals surface area contributed by atoms with E-state index in [1.54, 1.807) is 0 Å². The minimum Gasteiger partial charge on any atom is -0.399 e. The molecule has 0 aliphatic heterocycles. The first-order valence-electron chi connectivity index (χ1n) is 12.3. The number of anilines is 2. The summed E-state index contributed by atoms with van der Waals surface area (Å²) in [6.07, 6.45) is -10.2. The summed E-state index contributed by atoms with van der Waals surface area (Å²) in [5.74, 6) is -3.04. The van der Waals surface area contributed by atoms with Crippen LogP contribution in [0.15, 0.2) is 96.4 Å². The highest BCUT2D eigenvalue weighted by Gasteiger charge is 2.88. The van der Waals surface area contributed by atoms with Crippen LogP contribution in [0, 0.1) is 16.2 Å². The molecule has 2 aliphatic carbocycles. The minimum atomic E-state index is -6.23. The van der Waals surface area contributed by atoms with Crippen molar-refractivity contribution in [2.24, 2.45) is 27.7 Å². The zero-order valence-corrected chi connectivity index (χ0v) is 21.4. The Balaban J connectivity index is 2.19. The molecule has 0 heterocycles. The largest absolute Gasteiger partial charge is 0.405 e. The topological polar surface area (TPSA) is 138 Å². The number of hydrogen-bond acceptors (Lipinski definition) is 6. The van der Waals surface area contributed by atoms with Gasteiger partial charge in [0, 0.05) is 33.9 Å². The van der Waals surface area contributed by atoms with Crippen LogP contribution in [0.3, 0.4) is 0 Å². The van der Waals surface area contributed by atoms with Gasteiger partial charge < -0.3 is 22.9 Å². The summed E-state index contributed by atoms with van der Waals surface area (Å²) in [6.45, 7) is 0. The number of Topliss-reactive ketones (excluding diaryl/α,β-unsaturated/α-hetero) is 2. The quantitative estimate of drug-likeness (QED) is 0.201. The van der Waals surface area contributed by atoms with Crippen LogP contribution in [-0.4, -0.2) is 23.9 Å². The van der Waals surface area contributed by atoms with Crippen molar-refractivity contribution < 1.29 is 35.9 Å². The van der Waals surface area contributed by atoms with Crippen LogP contribution in [0.1, 0.15) is 33.6 Å². The number of nitrogens with two attached hydrogens (primary N) is 4. The van der Waals surface area contributed by atoms with E-state index in [9.17, 15) is 9.59 Å². The molecule has 0 aromatic heterocycles. The summed E-state index contributed by atoms with van der Waals surface area (Å²) >= 11 is 0. The average molecular weight is 577 g/mol. The van der Waals surface area contributed by atoms with E-state index in [1.807, 2.05) is 0 Å². The fourth-order valence-corrected chi connectivity index (χ4v) is 5.89. The maximum Gasteiger partial charge on any atom is 0.405 e. The van der Waals surface area contributed by atoms with Gasteiger partial charge in [-0.15, -0.1) is 0 Å². The molecule has 0 saturated carbocycles. The predicted octanol–water partition coefficient (Wildman–Crippen LogP) is 5.61. The Morgan fingerprint density at radius 1 is 0.585 bits per heavy atom. The molecular weight excluding hydrogens is 550 g/mol. The number of ketones is 2. The highest BCUT2D eigenvalue weighted by Crippen LogP contribution is 2.73. The smallest absolute Gasteiger partial charge is 0.399 e. The maximum absolute atomic E-state index is 15.8. The van der Waals surface area contributed by atoms with Gasteiger partial charge >= 0.3 is 12.4 Å². The van der Waals surface area contributed by atoms with Crippen molar-refractivity contribution in [1.82, 2.24) is 0 Å². The Kier molecular flexibility index (Phi) is 7.09. The number of hydrogen-bond donors (Lipinski definition) is 4. The molecule has 2 aliphatic rings. The van der Waals surface area contributed by atoms with Crippen LogP contribution in [-0.2, 0) is 0 Å². The molecule has 2 atom stereocenters. The molecule has 0 saturated heterocycles. The van der Waals surface area contributed by atoms with Crippen molar-refractivity contribution >= 4 is 22.9 Å². The van der Waals surface area contributed by atoms with Crippen molar-refractivity contribution in [2.75, 3.05) is 11.5 Å². The van der Waals surface area contributed by atoms with Crippen molar-refractivity contribution in [3.63, 3.8) is 0 Å². The van der Waals surface area contributed by atoms with E-state index in [2.05, 4.69) is 0 Å². The van der Waals surface area contributed by atoms with Gasteiger partial charge in [-0.05, 0) is 73.5 Å². The highest BCUT2D eigenvalue weighted by atomic mass is 19.4. The fraction of sp³-hybridized carbons (Fsp3) is 0.241. The van der Waals surface area contributed by atoms with Gasteiger partial charge in [-0.3, -0.25) is 9.59 Å². The standard InChI is InChI=1S/C29H26F6N4O2/c30-28(31,32)27(29(33,34)35,25(13-9-21(38)10-14-25)23(40)17-1-5-19(36)6-2-17)26(15-11-22(39)12-16-26)24(41)18-3-7-20(37)8-4-18/h1-13,15H,14,16,36-39H2. The average Bonchev–Trinajstić information content (AvgIpc) is 2.90. The Hall–Kier alpha value is -4.48. The molecule has 0 radical (unpaired) electrons. The first-order chi connectivity index (χ1) is 19.0. The zero-order valence-electron chi connectivity index (χ0n) is 21.4. The molecule has 0 spiro atoms. The molecule has 2 aromatic rings. The minimum absolute atomic E-state index is 0.127. The molecule has 4 rings (SSSR count). The summed E-state index contributed by atoms with van der Waals surface area (Å²) in [5.41, 5.74) is 9.94. The Morgan fingerprint density at radius 3 is 1.15 bits per heavy atom. The number of halogens is 6. The van der Waals surface area contributed by atoms with E-state index in [1.165, 1.54) is 24.3 Å². The molecule has 216 valence electrons. The number of carbonyl (C=O) groups excluding carboxylic acids is 2. The zero-order chi connectivity index (χ0) is 30.4. The van der Waals surface area contributed by atoms with Gasteiger partial charge in [-0.25, -0.2) is 0 Å². The Bertz CT molecular complexity index is 1370. The molecule has 41 heavy (non-hydrogen) atoms. The Labute approximate surface area is 231 Å². The lowest BCUT2D eigenvalue weighted by Gasteiger charge is -2.58. The van der Waals surface area contributed by atoms with Gasteiger partial charge in [0.1, 0.15) is 0 Å². The summed E-state index contributed by atoms with van der Waals surface area (Å²) in [4.78, 5) is 28.4. The van der Waals surface area contributed by atoms with E-state index in [0.29, 0.717) is 12.2 Å². The molecule has 2 unspecified atom stereocenters. The first-order valence-corrected chi connectivity index (χ1v) is 12.3. The number of nitrogen functional groups attached to an aromatic ring is 2. The fourth-order valence-electron chi connectivity index (χ4n) is 5.89. The van der Waals surface area contributed by atoms with E-state index in [0.717, 1.165) is 48.6 Å². The second-order valence-electron chi connectivity index (χ2n) is 10.1. The summed E-state index contributed by atoms with van der Waals surface area (Å²) < 4.78 is 94.6. The number of carbonyl (C=O) groups is 2. The third-order valence-corrected chi connectivity index (χ3v) is 7.78. The number of rotatable bonds is 6. The van der Waals surface area contributed by atoms with Crippen molar-refractivity contribution in [3.8, 4) is 0 Å². The lowest BCUT2D eigenvalue weighted by Crippen LogP contribution is -2.72. The number of allylic oxidation sites excluding steroid dienone is 6. The molecule has 0 fully saturated rings. The van der Waals surface area contributed by atoms with Gasteiger partial charge in [0.05, 0.1) is 10.8 Å². The molecular formula is C29H26F6N4O2. The van der Waals surface area contributed by atoms with Crippen molar-refractivity contribution in [1.29, 1.82) is 0 Å². The van der Waals surface area contributed by atoms with Crippen LogP contribution in [0.2, 0.25) is 0 Å². The normalized spacial score (nSPS) is 23.1. The van der Waals surface area contributed by atoms with Crippen LogP contribution in [0.4, 0.5) is 37.7 Å². The molecule has 8 N–H and O–H groups in total. The monoisotopic (exact) mass is 576 g/mol. The highest BCUT2D eigenvalue weighted by molar-refractivity contribution is 6.07. The summed E-state index contributed by atoms with van der Waals surface area (Å²) in [5, 5.41) is 0. The third kappa shape index (κ3) is 4.37. The Morgan fingerprint density at radius 2 is 0.902 bits per heavy atom. The predicted molar refractivity (Wildman–Crippen MR) is 142 cm³/mol. The summed E-state index contributed by atoms with van der Waals surface area (Å²) in [7, 11) is 0. The summed E-state index contributed by atoms with van der Waals surface area (Å²) in [6, 6.07) is 8.87. The van der Waals surface area contributed by atoms with E-state index >= 15 is 26.3 Å². The van der Waals surface area contributed by atoms with Crippen LogP contribution in [0.25, 0.3) is 0 Å². The van der Waals surface area contributed by atoms with E-state index < -0.39 is 64.1 Å². The van der Waals surface area contributed by atoms with Gasteiger partial charge in [0.2, 0.25) is 0 Å². The van der Waals surface area contributed by atoms with Gasteiger partial charge in [-0.1, -0.05) is 24.3 Å². The van der Waals surface area contributed by atoms with Crippen LogP contribution < -0.4 is 22.9 Å². The van der Waals surface area contributed by atoms with Crippen molar-refractivity contribution in [2.45, 2.75) is 25.2 Å². The molecule has 2 aromatic carbocycles. The molecule has 6 nitrogen and oxygen atoms in total. The maximum atomic E-state index is 15.8. The van der Waals surface area contributed by atoms with Gasteiger partial charge in [0.25, 0.3) is 0 Å². The van der Waals surface area contributed by atoms with Crippen LogP contribution >= 0.6 is 0 Å². The number of benzene rings is 2. The molecule has 12 heteroatoms. The van der Waals surface area contributed by atoms with E-state index in [-0.39, 0.29) is 22.8 Å². The van der Waals surface area contributed by atoms with Gasteiger partial charge in [-0.2, -0.15) is 26.3 Å². The van der Waals surface area contributed by atoms with Gasteiger partial charge in [0.15, 0.2) is 17.0 Å². The second-order valence-corrected chi connectivity index (χ2v) is 10.1. The first kappa shape index (κ1) is 29.5. The number of alkyl halides is 6. The lowest BCUT2D eigenvalue weighted by atomic mass is 9.43. The van der Waals surface area contributed by atoms with E-state index in [4.69, 9.17) is 22.9 Å². The second kappa shape index (κ2) is 9.86. The third-order valence-electron chi connectivity index (χ3n) is 7.78. The SMILES string of the molecule is NC1=CCC(C(=O)c2ccc(N)cc2)(C(C(F)(F)F)(C(F)(F)F)C2(C(=O)c3ccc(N)cc3)C=CC(N)=CC2)C=C1. The van der Waals surface area contributed by atoms with Crippen LogP contribution in [0.5, 0.6) is 0 Å².